The summed E-state index contributed by atoms with van der Waals surface area (Å²) in [5.41, 5.74) is 3.88. The van der Waals surface area contributed by atoms with Gasteiger partial charge < -0.3 is 19.7 Å². The van der Waals surface area contributed by atoms with Gasteiger partial charge in [-0.05, 0) is 67.3 Å². The van der Waals surface area contributed by atoms with Crippen LogP contribution in [0.3, 0.4) is 0 Å². The van der Waals surface area contributed by atoms with Gasteiger partial charge in [-0.25, -0.2) is 4.98 Å². The summed E-state index contributed by atoms with van der Waals surface area (Å²) in [6, 6.07) is 15.0. The summed E-state index contributed by atoms with van der Waals surface area (Å²) >= 11 is 0. The molecule has 180 valence electrons. The van der Waals surface area contributed by atoms with Gasteiger partial charge in [-0.2, -0.15) is 0 Å². The van der Waals surface area contributed by atoms with Crippen LogP contribution >= 0.6 is 0 Å². The number of carbonyl (C=O) groups is 2. The molecule has 8 nitrogen and oxygen atoms in total. The zero-order valence-electron chi connectivity index (χ0n) is 19.9. The van der Waals surface area contributed by atoms with E-state index in [0.29, 0.717) is 36.0 Å². The number of methoxy groups -OCH3 is 1. The molecule has 0 saturated carbocycles. The number of amides is 2. The zero-order chi connectivity index (χ0) is 24.4. The van der Waals surface area contributed by atoms with Gasteiger partial charge in [0.05, 0.1) is 12.7 Å². The summed E-state index contributed by atoms with van der Waals surface area (Å²) < 4.78 is 11.0. The molecule has 35 heavy (non-hydrogen) atoms. The highest BCUT2D eigenvalue weighted by atomic mass is 16.5. The number of nitrogens with one attached hydrogen (secondary N) is 1. The van der Waals surface area contributed by atoms with E-state index in [2.05, 4.69) is 10.3 Å². The van der Waals surface area contributed by atoms with E-state index in [1.165, 1.54) is 0 Å². The molecule has 8 heteroatoms. The topological polar surface area (TPSA) is 84.0 Å². The van der Waals surface area contributed by atoms with Crippen molar-refractivity contribution in [1.82, 2.24) is 15.2 Å². The van der Waals surface area contributed by atoms with E-state index < -0.39 is 0 Å². The predicted molar refractivity (Wildman–Crippen MR) is 132 cm³/mol. The Morgan fingerprint density at radius 3 is 2.57 bits per heavy atom. The highest BCUT2D eigenvalue weighted by Crippen LogP contribution is 2.38. The maximum Gasteiger partial charge on any atom is 0.255 e. The first-order valence-corrected chi connectivity index (χ1v) is 11.7. The summed E-state index contributed by atoms with van der Waals surface area (Å²) in [6.07, 6.45) is 3.71. The second-order valence-electron chi connectivity index (χ2n) is 8.78. The fourth-order valence-corrected chi connectivity index (χ4v) is 4.45. The summed E-state index contributed by atoms with van der Waals surface area (Å²) in [5, 5.41) is 2.97. The quantitative estimate of drug-likeness (QED) is 0.583. The Bertz CT molecular complexity index is 1250. The van der Waals surface area contributed by atoms with Crippen LogP contribution in [0.1, 0.15) is 44.7 Å². The van der Waals surface area contributed by atoms with Gasteiger partial charge in [-0.1, -0.05) is 12.1 Å². The lowest BCUT2D eigenvalue weighted by Crippen LogP contribution is -2.27. The number of ether oxygens (including phenoxy) is 2. The first-order chi connectivity index (χ1) is 17.0. The Hall–Kier alpha value is -4.07. The highest BCUT2D eigenvalue weighted by Gasteiger charge is 2.27. The normalized spacial score (nSPS) is 14.5. The number of hydrogen-bond donors (Lipinski definition) is 1. The van der Waals surface area contributed by atoms with E-state index in [1.54, 1.807) is 19.4 Å². The van der Waals surface area contributed by atoms with Crippen molar-refractivity contribution in [2.75, 3.05) is 31.8 Å². The summed E-state index contributed by atoms with van der Waals surface area (Å²) in [6.45, 7) is 4.23. The molecule has 0 spiro atoms. The molecule has 0 radical (unpaired) electrons. The molecule has 5 rings (SSSR count). The molecule has 1 N–H and O–H groups in total. The Labute approximate surface area is 204 Å². The minimum Gasteiger partial charge on any atom is -0.497 e. The molecule has 1 fully saturated rings. The highest BCUT2D eigenvalue weighted by molar-refractivity contribution is 5.96. The monoisotopic (exact) mass is 472 g/mol. The number of carbonyl (C=O) groups excluding carboxylic acids is 2. The Balaban J connectivity index is 1.27. The fourth-order valence-electron chi connectivity index (χ4n) is 4.45. The van der Waals surface area contributed by atoms with Gasteiger partial charge in [-0.3, -0.25) is 14.5 Å². The number of likely N-dealkylation sites (tertiary alicyclic amines) is 1. The van der Waals surface area contributed by atoms with Crippen molar-refractivity contribution in [1.29, 1.82) is 0 Å². The number of hydrogen-bond acceptors (Lipinski definition) is 6. The van der Waals surface area contributed by atoms with Gasteiger partial charge in [-0.15, -0.1) is 0 Å². The van der Waals surface area contributed by atoms with Gasteiger partial charge >= 0.3 is 0 Å². The van der Waals surface area contributed by atoms with Crippen LogP contribution in [0.2, 0.25) is 0 Å². The number of aromatic nitrogens is 1. The second kappa shape index (κ2) is 9.66. The molecule has 2 aromatic carbocycles. The van der Waals surface area contributed by atoms with E-state index in [1.807, 2.05) is 59.2 Å². The lowest BCUT2D eigenvalue weighted by atomic mass is 10.1. The van der Waals surface area contributed by atoms with E-state index >= 15 is 0 Å². The first-order valence-electron chi connectivity index (χ1n) is 11.7. The number of nitrogens with zero attached hydrogens (tertiary/aromatic N) is 3. The SMILES string of the molecule is COc1ccc(CNC(=O)c2ccc(N3COc4cc(C(=O)N5CCCC5)cnc43)cc2C)cc1. The minimum absolute atomic E-state index is 0.000648. The van der Waals surface area contributed by atoms with Crippen LogP contribution in [-0.4, -0.2) is 48.6 Å². The third kappa shape index (κ3) is 4.64. The third-order valence-corrected chi connectivity index (χ3v) is 6.46. The van der Waals surface area contributed by atoms with Crippen molar-refractivity contribution in [3.63, 3.8) is 0 Å². The molecule has 3 aromatic rings. The smallest absolute Gasteiger partial charge is 0.255 e. The second-order valence-corrected chi connectivity index (χ2v) is 8.78. The Kier molecular flexibility index (Phi) is 6.27. The zero-order valence-corrected chi connectivity index (χ0v) is 19.9. The first kappa shape index (κ1) is 22.7. The van der Waals surface area contributed by atoms with Crippen LogP contribution in [0.25, 0.3) is 0 Å². The van der Waals surface area contributed by atoms with E-state index in [0.717, 1.165) is 48.5 Å². The lowest BCUT2D eigenvalue weighted by Gasteiger charge is -2.18. The van der Waals surface area contributed by atoms with Gasteiger partial charge in [0.15, 0.2) is 18.3 Å². The summed E-state index contributed by atoms with van der Waals surface area (Å²) in [5.74, 6) is 1.91. The number of benzene rings is 2. The molecule has 1 aromatic heterocycles. The molecule has 3 heterocycles. The van der Waals surface area contributed by atoms with Crippen LogP contribution in [0.15, 0.2) is 54.7 Å². The summed E-state index contributed by atoms with van der Waals surface area (Å²) in [7, 11) is 1.62. The molecule has 1 saturated heterocycles. The number of anilines is 2. The lowest BCUT2D eigenvalue weighted by molar-refractivity contribution is 0.0791. The number of rotatable bonds is 6. The van der Waals surface area contributed by atoms with Crippen LogP contribution in [0.5, 0.6) is 11.5 Å². The standard InChI is InChI=1S/C27H28N4O4/c1-18-13-21(7-10-23(18)26(32)29-15-19-5-8-22(34-2)9-6-19)31-17-35-24-14-20(16-28-25(24)31)27(33)30-11-3-4-12-30/h5-10,13-14,16H,3-4,11-12,15,17H2,1-2H3,(H,29,32). The number of fused-ring (bicyclic) bond motifs is 1. The van der Waals surface area contributed by atoms with Crippen molar-refractivity contribution in [2.24, 2.45) is 0 Å². The van der Waals surface area contributed by atoms with Gasteiger partial charge in [0.25, 0.3) is 11.8 Å². The van der Waals surface area contributed by atoms with Crippen LogP contribution in [-0.2, 0) is 6.54 Å². The van der Waals surface area contributed by atoms with Crippen molar-refractivity contribution in [3.05, 3.63) is 77.0 Å². The maximum atomic E-state index is 12.8. The predicted octanol–water partition coefficient (Wildman–Crippen LogP) is 4.05. The fraction of sp³-hybridized carbons (Fsp3) is 0.296. The van der Waals surface area contributed by atoms with E-state index in [4.69, 9.17) is 9.47 Å². The van der Waals surface area contributed by atoms with Gasteiger partial charge in [0, 0.05) is 37.1 Å². The van der Waals surface area contributed by atoms with Crippen molar-refractivity contribution in [2.45, 2.75) is 26.3 Å². The Morgan fingerprint density at radius 2 is 1.86 bits per heavy atom. The Morgan fingerprint density at radius 1 is 1.09 bits per heavy atom. The average molecular weight is 473 g/mol. The molecule has 0 bridgehead atoms. The summed E-state index contributed by atoms with van der Waals surface area (Å²) in [4.78, 5) is 33.8. The van der Waals surface area contributed by atoms with Crippen LogP contribution < -0.4 is 19.7 Å². The molecule has 2 amide bonds. The minimum atomic E-state index is -0.133. The number of aryl methyl sites for hydroxylation is 1. The number of pyridine rings is 1. The van der Waals surface area contributed by atoms with Crippen molar-refractivity contribution < 1.29 is 19.1 Å². The largest absolute Gasteiger partial charge is 0.497 e. The molecule has 2 aliphatic rings. The molecule has 0 atom stereocenters. The van der Waals surface area contributed by atoms with Crippen LogP contribution in [0, 0.1) is 6.92 Å². The van der Waals surface area contributed by atoms with E-state index in [9.17, 15) is 9.59 Å². The van der Waals surface area contributed by atoms with E-state index in [-0.39, 0.29) is 11.8 Å². The maximum absolute atomic E-state index is 12.8. The van der Waals surface area contributed by atoms with Crippen LogP contribution in [0.4, 0.5) is 11.5 Å². The molecular formula is C27H28N4O4. The molecule has 0 aliphatic carbocycles. The van der Waals surface area contributed by atoms with Gasteiger partial charge in [0.1, 0.15) is 5.75 Å². The molecular weight excluding hydrogens is 444 g/mol. The molecule has 2 aliphatic heterocycles. The van der Waals surface area contributed by atoms with Crippen molar-refractivity contribution >= 4 is 23.3 Å². The van der Waals surface area contributed by atoms with Gasteiger partial charge in [0.2, 0.25) is 0 Å². The third-order valence-electron chi connectivity index (χ3n) is 6.46. The molecule has 0 unspecified atom stereocenters. The average Bonchev–Trinajstić information content (AvgIpc) is 3.57. The van der Waals surface area contributed by atoms with Crippen molar-refractivity contribution in [3.8, 4) is 11.5 Å².